The fourth-order valence-electron chi connectivity index (χ4n) is 3.07. The second kappa shape index (κ2) is 8.73. The minimum atomic E-state index is -0.0770. The van der Waals surface area contributed by atoms with E-state index in [-0.39, 0.29) is 11.7 Å². The number of carbonyl (C=O) groups is 1. The van der Waals surface area contributed by atoms with Gasteiger partial charge in [-0.15, -0.1) is 0 Å². The van der Waals surface area contributed by atoms with E-state index >= 15 is 0 Å². The number of anilines is 2. The highest BCUT2D eigenvalue weighted by Gasteiger charge is 2.20. The zero-order chi connectivity index (χ0) is 18.5. The third-order valence-corrected chi connectivity index (χ3v) is 5.95. The fourth-order valence-corrected chi connectivity index (χ4v) is 3.91. The van der Waals surface area contributed by atoms with Gasteiger partial charge in [0.05, 0.1) is 5.75 Å². The maximum Gasteiger partial charge on any atom is 0.234 e. The van der Waals surface area contributed by atoms with Crippen LogP contribution in [0.5, 0.6) is 0 Å². The number of aromatic nitrogens is 2. The molecule has 1 N–H and O–H groups in total. The van der Waals surface area contributed by atoms with E-state index in [1.807, 2.05) is 31.2 Å². The normalized spacial score (nSPS) is 17.2. The van der Waals surface area contributed by atoms with Crippen molar-refractivity contribution in [1.29, 1.82) is 0 Å². The van der Waals surface area contributed by atoms with Crippen molar-refractivity contribution in [3.05, 3.63) is 41.2 Å². The molecule has 3 rings (SSSR count). The van der Waals surface area contributed by atoms with Gasteiger partial charge in [-0.1, -0.05) is 29.4 Å². The highest BCUT2D eigenvalue weighted by molar-refractivity contribution is 7.99. The van der Waals surface area contributed by atoms with Crippen molar-refractivity contribution in [3.63, 3.8) is 0 Å². The van der Waals surface area contributed by atoms with Crippen LogP contribution in [0.2, 0.25) is 5.02 Å². The molecule has 138 valence electrons. The van der Waals surface area contributed by atoms with Gasteiger partial charge in [-0.3, -0.25) is 4.79 Å². The molecule has 0 saturated carbocycles. The molecular formula is C19H23ClN4OS. The molecule has 1 unspecified atom stereocenters. The summed E-state index contributed by atoms with van der Waals surface area (Å²) in [5.74, 6) is 1.16. The van der Waals surface area contributed by atoms with Gasteiger partial charge in [-0.2, -0.15) is 0 Å². The van der Waals surface area contributed by atoms with Crippen LogP contribution in [-0.4, -0.2) is 34.2 Å². The standard InChI is InChI=1S/C19H23ClN4OS/c1-13-6-3-4-9-24(13)17-10-19(22-12-21-17)26-11-18(25)23-16-8-5-7-15(20)14(16)2/h5,7-8,10,12-13H,3-4,6,9,11H2,1-2H3,(H,23,25). The summed E-state index contributed by atoms with van der Waals surface area (Å²) in [5, 5.41) is 4.36. The van der Waals surface area contributed by atoms with Gasteiger partial charge >= 0.3 is 0 Å². The zero-order valence-corrected chi connectivity index (χ0v) is 16.6. The Morgan fingerprint density at radius 1 is 1.38 bits per heavy atom. The lowest BCUT2D eigenvalue weighted by atomic mass is 10.0. The van der Waals surface area contributed by atoms with E-state index in [1.165, 1.54) is 31.0 Å². The van der Waals surface area contributed by atoms with E-state index in [9.17, 15) is 4.79 Å². The number of benzene rings is 1. The second-order valence-electron chi connectivity index (χ2n) is 6.50. The lowest BCUT2D eigenvalue weighted by Crippen LogP contribution is -2.38. The molecule has 1 saturated heterocycles. The smallest absolute Gasteiger partial charge is 0.234 e. The van der Waals surface area contributed by atoms with Gasteiger partial charge in [-0.05, 0) is 50.8 Å². The zero-order valence-electron chi connectivity index (χ0n) is 15.0. The molecule has 26 heavy (non-hydrogen) atoms. The van der Waals surface area contributed by atoms with Crippen molar-refractivity contribution in [2.75, 3.05) is 22.5 Å². The van der Waals surface area contributed by atoms with Crippen LogP contribution in [0, 0.1) is 6.92 Å². The van der Waals surface area contributed by atoms with Gasteiger partial charge in [0.15, 0.2) is 0 Å². The van der Waals surface area contributed by atoms with Gasteiger partial charge in [0.2, 0.25) is 5.91 Å². The third-order valence-electron chi connectivity index (χ3n) is 4.62. The van der Waals surface area contributed by atoms with Crippen molar-refractivity contribution in [2.24, 2.45) is 0 Å². The SMILES string of the molecule is Cc1c(Cl)cccc1NC(=O)CSc1cc(N2CCCCC2C)ncn1. The first kappa shape index (κ1) is 19.0. The minimum Gasteiger partial charge on any atom is -0.354 e. The van der Waals surface area contributed by atoms with Gasteiger partial charge in [0.1, 0.15) is 17.2 Å². The van der Waals surface area contributed by atoms with Crippen LogP contribution in [0.25, 0.3) is 0 Å². The lowest BCUT2D eigenvalue weighted by molar-refractivity contribution is -0.113. The van der Waals surface area contributed by atoms with Crippen LogP contribution >= 0.6 is 23.4 Å². The summed E-state index contributed by atoms with van der Waals surface area (Å²) in [6.07, 6.45) is 5.23. The Balaban J connectivity index is 1.60. The van der Waals surface area contributed by atoms with E-state index in [4.69, 9.17) is 11.6 Å². The Bertz CT molecular complexity index is 786. The number of carbonyl (C=O) groups excluding carboxylic acids is 1. The Kier molecular flexibility index (Phi) is 6.38. The van der Waals surface area contributed by atoms with Crippen LogP contribution in [-0.2, 0) is 4.79 Å². The summed E-state index contributed by atoms with van der Waals surface area (Å²) < 4.78 is 0. The number of amides is 1. The highest BCUT2D eigenvalue weighted by Crippen LogP contribution is 2.26. The molecule has 1 aromatic carbocycles. The molecule has 1 aliphatic heterocycles. The molecule has 5 nitrogen and oxygen atoms in total. The van der Waals surface area contributed by atoms with Gasteiger partial charge < -0.3 is 10.2 Å². The first-order chi connectivity index (χ1) is 12.5. The van der Waals surface area contributed by atoms with Crippen molar-refractivity contribution in [1.82, 2.24) is 9.97 Å². The van der Waals surface area contributed by atoms with Gasteiger partial charge in [-0.25, -0.2) is 9.97 Å². The molecule has 1 atom stereocenters. The Morgan fingerprint density at radius 2 is 2.23 bits per heavy atom. The molecule has 1 aromatic heterocycles. The molecule has 1 amide bonds. The quantitative estimate of drug-likeness (QED) is 0.599. The number of halogens is 1. The monoisotopic (exact) mass is 390 g/mol. The largest absolute Gasteiger partial charge is 0.354 e. The Hall–Kier alpha value is -1.79. The molecular weight excluding hydrogens is 368 g/mol. The van der Waals surface area contributed by atoms with Crippen LogP contribution in [0.1, 0.15) is 31.7 Å². The summed E-state index contributed by atoms with van der Waals surface area (Å²) in [6.45, 7) is 5.15. The molecule has 1 aliphatic rings. The number of rotatable bonds is 5. The summed E-state index contributed by atoms with van der Waals surface area (Å²) in [4.78, 5) is 23.3. The van der Waals surface area contributed by atoms with Gasteiger partial charge in [0, 0.05) is 29.4 Å². The molecule has 0 radical (unpaired) electrons. The first-order valence-corrected chi connectivity index (χ1v) is 10.2. The molecule has 7 heteroatoms. The number of nitrogens with one attached hydrogen (secondary N) is 1. The topological polar surface area (TPSA) is 58.1 Å². The average molecular weight is 391 g/mol. The summed E-state index contributed by atoms with van der Waals surface area (Å²) in [7, 11) is 0. The van der Waals surface area contributed by atoms with Crippen LogP contribution < -0.4 is 10.2 Å². The van der Waals surface area contributed by atoms with Crippen molar-refractivity contribution in [3.8, 4) is 0 Å². The van der Waals surface area contributed by atoms with Gasteiger partial charge in [0.25, 0.3) is 0 Å². The van der Waals surface area contributed by atoms with Crippen LogP contribution in [0.3, 0.4) is 0 Å². The van der Waals surface area contributed by atoms with E-state index in [2.05, 4.69) is 27.1 Å². The first-order valence-electron chi connectivity index (χ1n) is 8.81. The summed E-state index contributed by atoms with van der Waals surface area (Å²) in [5.41, 5.74) is 1.62. The molecule has 2 heterocycles. The van der Waals surface area contributed by atoms with E-state index in [0.29, 0.717) is 11.1 Å². The Morgan fingerprint density at radius 3 is 3.04 bits per heavy atom. The fraction of sp³-hybridized carbons (Fsp3) is 0.421. The Labute approximate surface area is 163 Å². The van der Waals surface area contributed by atoms with Crippen molar-refractivity contribution in [2.45, 2.75) is 44.2 Å². The molecule has 2 aromatic rings. The predicted octanol–water partition coefficient (Wildman–Crippen LogP) is 4.55. The van der Waals surface area contributed by atoms with E-state index in [1.54, 1.807) is 6.33 Å². The van der Waals surface area contributed by atoms with Crippen LogP contribution in [0.4, 0.5) is 11.5 Å². The van der Waals surface area contributed by atoms with Crippen molar-refractivity contribution >= 4 is 40.8 Å². The van der Waals surface area contributed by atoms with E-state index in [0.717, 1.165) is 28.6 Å². The number of piperidine rings is 1. The van der Waals surface area contributed by atoms with Crippen LogP contribution in [0.15, 0.2) is 35.6 Å². The summed E-state index contributed by atoms with van der Waals surface area (Å²) >= 11 is 7.51. The van der Waals surface area contributed by atoms with E-state index < -0.39 is 0 Å². The number of hydrogen-bond acceptors (Lipinski definition) is 5. The number of nitrogens with zero attached hydrogens (tertiary/aromatic N) is 3. The number of thioether (sulfide) groups is 1. The predicted molar refractivity (Wildman–Crippen MR) is 108 cm³/mol. The molecule has 0 spiro atoms. The molecule has 1 fully saturated rings. The maximum absolute atomic E-state index is 12.3. The third kappa shape index (κ3) is 4.68. The molecule has 0 aliphatic carbocycles. The lowest BCUT2D eigenvalue weighted by Gasteiger charge is -2.34. The molecule has 0 bridgehead atoms. The summed E-state index contributed by atoms with van der Waals surface area (Å²) in [6, 6.07) is 7.96. The average Bonchev–Trinajstić information content (AvgIpc) is 2.64. The number of hydrogen-bond donors (Lipinski definition) is 1. The highest BCUT2D eigenvalue weighted by atomic mass is 35.5. The van der Waals surface area contributed by atoms with Crippen molar-refractivity contribution < 1.29 is 4.79 Å². The second-order valence-corrected chi connectivity index (χ2v) is 7.90. The maximum atomic E-state index is 12.3. The minimum absolute atomic E-state index is 0.0770.